The van der Waals surface area contributed by atoms with E-state index in [-0.39, 0.29) is 17.4 Å². The number of thioether (sulfide) groups is 1. The molecule has 1 aliphatic carbocycles. The first kappa shape index (κ1) is 24.1. The molecule has 0 spiro atoms. The normalized spacial score (nSPS) is 14.1. The van der Waals surface area contributed by atoms with Crippen LogP contribution in [0.2, 0.25) is 0 Å². The number of methoxy groups -OCH3 is 1. The van der Waals surface area contributed by atoms with Gasteiger partial charge in [-0.25, -0.2) is 24.9 Å². The van der Waals surface area contributed by atoms with Crippen LogP contribution in [0.5, 0.6) is 5.88 Å². The molecule has 1 atom stereocenters. The lowest BCUT2D eigenvalue weighted by Gasteiger charge is -2.18. The molecule has 36 heavy (non-hydrogen) atoms. The number of hydrogen-bond donors (Lipinski definition) is 1. The third kappa shape index (κ3) is 4.62. The Morgan fingerprint density at radius 1 is 1.17 bits per heavy atom. The van der Waals surface area contributed by atoms with Crippen LogP contribution in [0.1, 0.15) is 56.5 Å². The Morgan fingerprint density at radius 2 is 2.00 bits per heavy atom. The number of fused-ring (bicyclic) bond motifs is 1. The third-order valence-electron chi connectivity index (χ3n) is 6.36. The van der Waals surface area contributed by atoms with Crippen LogP contribution < -0.4 is 15.6 Å². The summed E-state index contributed by atoms with van der Waals surface area (Å²) in [5.41, 5.74) is 3.13. The molecular weight excluding hydrogens is 476 g/mol. The van der Waals surface area contributed by atoms with E-state index >= 15 is 0 Å². The van der Waals surface area contributed by atoms with Crippen LogP contribution in [0, 0.1) is 0 Å². The first-order valence-corrected chi connectivity index (χ1v) is 13.2. The number of aromatic nitrogens is 7. The summed E-state index contributed by atoms with van der Waals surface area (Å²) in [4.78, 5) is 41.9. The third-order valence-corrected chi connectivity index (χ3v) is 7.07. The van der Waals surface area contributed by atoms with Crippen LogP contribution in [0.25, 0.3) is 22.6 Å². The highest BCUT2D eigenvalue weighted by Gasteiger charge is 2.31. The van der Waals surface area contributed by atoms with E-state index in [0.717, 1.165) is 35.5 Å². The second kappa shape index (κ2) is 10.2. The molecule has 1 fully saturated rings. The summed E-state index contributed by atoms with van der Waals surface area (Å²) in [6.07, 6.45) is 9.85. The van der Waals surface area contributed by atoms with Crippen LogP contribution in [0.4, 0.5) is 5.82 Å². The number of pyridine rings is 1. The van der Waals surface area contributed by atoms with Crippen molar-refractivity contribution in [2.45, 2.75) is 56.5 Å². The molecule has 0 aromatic carbocycles. The van der Waals surface area contributed by atoms with Gasteiger partial charge in [0.1, 0.15) is 17.4 Å². The fourth-order valence-electron chi connectivity index (χ4n) is 4.05. The molecule has 0 aliphatic heterocycles. The van der Waals surface area contributed by atoms with E-state index in [9.17, 15) is 4.79 Å². The average Bonchev–Trinajstić information content (AvgIpc) is 3.77. The van der Waals surface area contributed by atoms with Gasteiger partial charge in [0.25, 0.3) is 5.56 Å². The number of rotatable bonds is 9. The first-order valence-electron chi connectivity index (χ1n) is 11.9. The lowest BCUT2D eigenvalue weighted by molar-refractivity contribution is 0.397. The van der Waals surface area contributed by atoms with E-state index in [4.69, 9.17) is 9.72 Å². The van der Waals surface area contributed by atoms with E-state index in [0.29, 0.717) is 40.9 Å². The smallest absolute Gasteiger partial charge is 0.295 e. The zero-order chi connectivity index (χ0) is 25.2. The van der Waals surface area contributed by atoms with Gasteiger partial charge in [-0.3, -0.25) is 14.3 Å². The number of hydrogen-bond acceptors (Lipinski definition) is 10. The fraction of sp³-hybridized carbons (Fsp3) is 0.400. The topological polar surface area (TPSA) is 121 Å². The predicted molar refractivity (Wildman–Crippen MR) is 139 cm³/mol. The zero-order valence-corrected chi connectivity index (χ0v) is 21.5. The van der Waals surface area contributed by atoms with Gasteiger partial charge in [0, 0.05) is 23.1 Å². The minimum absolute atomic E-state index is 0.0953. The van der Waals surface area contributed by atoms with Crippen molar-refractivity contribution in [1.82, 2.24) is 34.5 Å². The second-order valence-electron chi connectivity index (χ2n) is 8.76. The SMILES string of the molecule is CC[C@H](C)n1c(=O)c(NCc2ccc(SC)cn2)nc2cnc(-c3c(OC)ncnc3C3CC3)nc21. The van der Waals surface area contributed by atoms with E-state index in [2.05, 4.69) is 30.2 Å². The van der Waals surface area contributed by atoms with Crippen LogP contribution in [0.15, 0.2) is 40.5 Å². The Morgan fingerprint density at radius 3 is 2.67 bits per heavy atom. The maximum atomic E-state index is 13.6. The van der Waals surface area contributed by atoms with Crippen LogP contribution >= 0.6 is 11.8 Å². The molecule has 4 aromatic heterocycles. The minimum Gasteiger partial charge on any atom is -0.480 e. The van der Waals surface area contributed by atoms with Gasteiger partial charge in [0.15, 0.2) is 17.3 Å². The van der Waals surface area contributed by atoms with Crippen molar-refractivity contribution < 1.29 is 4.74 Å². The average molecular weight is 505 g/mol. The highest BCUT2D eigenvalue weighted by atomic mass is 32.2. The number of nitrogens with zero attached hydrogens (tertiary/aromatic N) is 7. The molecule has 0 bridgehead atoms. The molecule has 0 radical (unpaired) electrons. The molecule has 0 unspecified atom stereocenters. The monoisotopic (exact) mass is 504 g/mol. The van der Waals surface area contributed by atoms with Gasteiger partial charge in [-0.05, 0) is 44.6 Å². The Kier molecular flexibility index (Phi) is 6.82. The van der Waals surface area contributed by atoms with Crippen molar-refractivity contribution in [2.24, 2.45) is 0 Å². The molecule has 10 nitrogen and oxygen atoms in total. The van der Waals surface area contributed by atoms with E-state index in [1.165, 1.54) is 6.33 Å². The van der Waals surface area contributed by atoms with E-state index in [1.807, 2.05) is 38.4 Å². The molecule has 0 amide bonds. The van der Waals surface area contributed by atoms with Gasteiger partial charge in [0.05, 0.1) is 31.2 Å². The number of nitrogens with one attached hydrogen (secondary N) is 1. The van der Waals surface area contributed by atoms with Crippen molar-refractivity contribution in [1.29, 1.82) is 0 Å². The Hall–Kier alpha value is -3.60. The molecule has 5 rings (SSSR count). The molecule has 1 N–H and O–H groups in total. The van der Waals surface area contributed by atoms with Crippen LogP contribution in [0.3, 0.4) is 0 Å². The van der Waals surface area contributed by atoms with Crippen molar-refractivity contribution >= 4 is 28.7 Å². The van der Waals surface area contributed by atoms with Gasteiger partial charge >= 0.3 is 0 Å². The molecule has 1 saturated carbocycles. The maximum absolute atomic E-state index is 13.6. The summed E-state index contributed by atoms with van der Waals surface area (Å²) in [6.45, 7) is 4.41. The lowest BCUT2D eigenvalue weighted by atomic mass is 10.1. The summed E-state index contributed by atoms with van der Waals surface area (Å²) in [7, 11) is 1.57. The molecule has 4 heterocycles. The van der Waals surface area contributed by atoms with Crippen molar-refractivity contribution in [2.75, 3.05) is 18.7 Å². The van der Waals surface area contributed by atoms with Crippen LogP contribution in [-0.2, 0) is 6.54 Å². The molecule has 0 saturated heterocycles. The quantitative estimate of drug-likeness (QED) is 0.331. The molecular formula is C25H28N8O2S. The fourth-order valence-corrected chi connectivity index (χ4v) is 4.41. The van der Waals surface area contributed by atoms with E-state index < -0.39 is 0 Å². The van der Waals surface area contributed by atoms with Crippen LogP contribution in [-0.4, -0.2) is 47.8 Å². The Labute approximate surface area is 213 Å². The molecule has 1 aliphatic rings. The highest BCUT2D eigenvalue weighted by molar-refractivity contribution is 7.98. The summed E-state index contributed by atoms with van der Waals surface area (Å²) in [5.74, 6) is 1.44. The first-order chi connectivity index (χ1) is 17.5. The minimum atomic E-state index is -0.235. The number of ether oxygens (including phenoxy) is 1. The summed E-state index contributed by atoms with van der Waals surface area (Å²) in [6, 6.07) is 3.85. The van der Waals surface area contributed by atoms with Crippen molar-refractivity contribution in [3.63, 3.8) is 0 Å². The van der Waals surface area contributed by atoms with Gasteiger partial charge in [0.2, 0.25) is 5.88 Å². The van der Waals surface area contributed by atoms with Crippen molar-refractivity contribution in [3.05, 3.63) is 52.6 Å². The Balaban J connectivity index is 1.58. The summed E-state index contributed by atoms with van der Waals surface area (Å²) in [5, 5.41) is 3.17. The molecule has 11 heteroatoms. The summed E-state index contributed by atoms with van der Waals surface area (Å²) >= 11 is 1.63. The molecule has 4 aromatic rings. The van der Waals surface area contributed by atoms with Gasteiger partial charge in [-0.1, -0.05) is 6.92 Å². The highest BCUT2D eigenvalue weighted by Crippen LogP contribution is 2.44. The second-order valence-corrected chi connectivity index (χ2v) is 9.64. The van der Waals surface area contributed by atoms with E-state index in [1.54, 1.807) is 29.6 Å². The van der Waals surface area contributed by atoms with Crippen molar-refractivity contribution in [3.8, 4) is 17.3 Å². The summed E-state index contributed by atoms with van der Waals surface area (Å²) < 4.78 is 7.22. The number of anilines is 1. The Bertz CT molecular complexity index is 1450. The lowest BCUT2D eigenvalue weighted by Crippen LogP contribution is -2.28. The molecule has 186 valence electrons. The van der Waals surface area contributed by atoms with Gasteiger partial charge in [-0.15, -0.1) is 11.8 Å². The zero-order valence-electron chi connectivity index (χ0n) is 20.7. The van der Waals surface area contributed by atoms with Gasteiger partial charge < -0.3 is 10.1 Å². The maximum Gasteiger partial charge on any atom is 0.295 e. The van der Waals surface area contributed by atoms with Gasteiger partial charge in [-0.2, -0.15) is 0 Å². The predicted octanol–water partition coefficient (Wildman–Crippen LogP) is 4.23. The largest absolute Gasteiger partial charge is 0.480 e. The standard InChI is InChI=1S/C25H28N8O2S/c1-5-14(2)33-23-18(31-22(25(33)34)27-10-16-8-9-17(36-4)11-26-16)12-28-21(32-23)19-20(15-6-7-15)29-13-30-24(19)35-3/h8-9,11-15H,5-7,10H2,1-4H3,(H,27,31)/t14-/m0/s1.